The molecule has 0 fully saturated rings. The van der Waals surface area contributed by atoms with Crippen LogP contribution >= 0.6 is 0 Å². The minimum Gasteiger partial charge on any atom is -0.506 e. The van der Waals surface area contributed by atoms with Crippen LogP contribution in [0.15, 0.2) is 23.1 Å². The molecule has 0 heterocycles. The van der Waals surface area contributed by atoms with Gasteiger partial charge in [0.1, 0.15) is 10.6 Å². The van der Waals surface area contributed by atoms with Crippen LogP contribution in [0, 0.1) is 0 Å². The molecular weight excluding hydrogens is 248 g/mol. The maximum Gasteiger partial charge on any atom is 0.337 e. The lowest BCUT2D eigenvalue weighted by Crippen LogP contribution is -2.08. The van der Waals surface area contributed by atoms with Crippen LogP contribution < -0.4 is 0 Å². The number of methoxy groups -OCH3 is 1. The van der Waals surface area contributed by atoms with Gasteiger partial charge in [-0.25, -0.2) is 4.79 Å². The molecular formula is C10H12O6S. The fourth-order valence-electron chi connectivity index (χ4n) is 1.18. The number of esters is 1. The molecule has 1 aromatic carbocycles. The summed E-state index contributed by atoms with van der Waals surface area (Å²) < 4.78 is 32.1. The third-order valence-electron chi connectivity index (χ3n) is 1.92. The summed E-state index contributed by atoms with van der Waals surface area (Å²) in [6, 6.07) is 3.36. The summed E-state index contributed by atoms with van der Waals surface area (Å²) >= 11 is 0. The molecule has 0 radical (unpaired) electrons. The number of phenols is 1. The van der Waals surface area contributed by atoms with Crippen molar-refractivity contribution >= 4 is 16.1 Å². The van der Waals surface area contributed by atoms with Crippen molar-refractivity contribution in [3.05, 3.63) is 23.8 Å². The van der Waals surface area contributed by atoms with Gasteiger partial charge in [0.25, 0.3) is 0 Å². The van der Waals surface area contributed by atoms with E-state index in [4.69, 9.17) is 0 Å². The van der Waals surface area contributed by atoms with Crippen molar-refractivity contribution in [3.63, 3.8) is 0 Å². The van der Waals surface area contributed by atoms with Crippen LogP contribution in [0.3, 0.4) is 0 Å². The number of carbonyl (C=O) groups excluding carboxylic acids is 1. The Balaban J connectivity index is 3.29. The molecule has 0 amide bonds. The first kappa shape index (κ1) is 13.5. The van der Waals surface area contributed by atoms with Gasteiger partial charge in [0, 0.05) is 0 Å². The van der Waals surface area contributed by atoms with Gasteiger partial charge in [0.15, 0.2) is 0 Å². The molecule has 0 unspecified atom stereocenters. The van der Waals surface area contributed by atoms with Crippen LogP contribution in [0.4, 0.5) is 0 Å². The lowest BCUT2D eigenvalue weighted by molar-refractivity contribution is 0.0600. The topological polar surface area (TPSA) is 89.9 Å². The highest BCUT2D eigenvalue weighted by molar-refractivity contribution is 7.86. The number of aromatic hydroxyl groups is 1. The van der Waals surface area contributed by atoms with Gasteiger partial charge in [-0.1, -0.05) is 0 Å². The zero-order chi connectivity index (χ0) is 13.1. The maximum atomic E-state index is 11.6. The molecule has 1 N–H and O–H groups in total. The van der Waals surface area contributed by atoms with Crippen molar-refractivity contribution in [2.45, 2.75) is 11.8 Å². The number of ether oxygens (including phenoxy) is 1. The number of carbonyl (C=O) groups is 1. The Morgan fingerprint density at radius 2 is 2.06 bits per heavy atom. The third-order valence-corrected chi connectivity index (χ3v) is 3.33. The Kier molecular flexibility index (Phi) is 4.08. The molecule has 0 spiro atoms. The van der Waals surface area contributed by atoms with Gasteiger partial charge in [-0.15, -0.1) is 0 Å². The maximum absolute atomic E-state index is 11.6. The monoisotopic (exact) mass is 260 g/mol. The highest BCUT2D eigenvalue weighted by Crippen LogP contribution is 2.25. The van der Waals surface area contributed by atoms with Crippen LogP contribution in [0.5, 0.6) is 5.75 Å². The predicted molar refractivity (Wildman–Crippen MR) is 58.3 cm³/mol. The summed E-state index contributed by atoms with van der Waals surface area (Å²) in [5.41, 5.74) is 0.0172. The summed E-state index contributed by atoms with van der Waals surface area (Å²) in [6.07, 6.45) is 0. The number of hydrogen-bond donors (Lipinski definition) is 1. The van der Waals surface area contributed by atoms with E-state index in [1.54, 1.807) is 0 Å². The smallest absolute Gasteiger partial charge is 0.337 e. The van der Waals surface area contributed by atoms with Gasteiger partial charge in [-0.2, -0.15) is 8.42 Å². The Labute approximate surface area is 98.9 Å². The first-order chi connectivity index (χ1) is 7.92. The normalized spacial score (nSPS) is 11.2. The molecule has 0 aromatic heterocycles. The van der Waals surface area contributed by atoms with Gasteiger partial charge < -0.3 is 9.84 Å². The molecule has 6 nitrogen and oxygen atoms in total. The average molecular weight is 260 g/mol. The van der Waals surface area contributed by atoms with Gasteiger partial charge in [-0.05, 0) is 25.1 Å². The van der Waals surface area contributed by atoms with E-state index in [9.17, 15) is 18.3 Å². The third kappa shape index (κ3) is 2.95. The number of benzene rings is 1. The number of phenolic OH excluding ortho intramolecular Hbond substituents is 1. The molecule has 0 saturated heterocycles. The summed E-state index contributed by atoms with van der Waals surface area (Å²) in [4.78, 5) is 10.8. The molecule has 0 aliphatic rings. The number of rotatable bonds is 4. The standard InChI is InChI=1S/C10H12O6S/c1-3-16-17(13,14)9-6-7(10(12)15-2)4-5-8(9)11/h4-6,11H,3H2,1-2H3. The quantitative estimate of drug-likeness (QED) is 0.639. The van der Waals surface area contributed by atoms with Gasteiger partial charge in [-0.3, -0.25) is 4.18 Å². The lowest BCUT2D eigenvalue weighted by Gasteiger charge is -2.07. The zero-order valence-electron chi connectivity index (χ0n) is 9.34. The van der Waals surface area contributed by atoms with Crippen molar-refractivity contribution in [1.82, 2.24) is 0 Å². The molecule has 0 aliphatic heterocycles. The SMILES string of the molecule is CCOS(=O)(=O)c1cc(C(=O)OC)ccc1O. The Morgan fingerprint density at radius 1 is 1.41 bits per heavy atom. The molecule has 0 aliphatic carbocycles. The Morgan fingerprint density at radius 3 is 2.59 bits per heavy atom. The molecule has 94 valence electrons. The summed E-state index contributed by atoms with van der Waals surface area (Å²) in [6.45, 7) is 1.43. The first-order valence-corrected chi connectivity index (χ1v) is 6.14. The van der Waals surface area contributed by atoms with Crippen LogP contribution in [0.25, 0.3) is 0 Å². The van der Waals surface area contributed by atoms with E-state index in [2.05, 4.69) is 8.92 Å². The second kappa shape index (κ2) is 5.15. The summed E-state index contributed by atoms with van der Waals surface area (Å²) in [5, 5.41) is 9.44. The van der Waals surface area contributed by atoms with E-state index >= 15 is 0 Å². The Bertz CT molecular complexity index is 520. The highest BCUT2D eigenvalue weighted by atomic mass is 32.2. The van der Waals surface area contributed by atoms with Crippen LogP contribution in [-0.4, -0.2) is 33.2 Å². The van der Waals surface area contributed by atoms with Crippen LogP contribution in [-0.2, 0) is 19.0 Å². The van der Waals surface area contributed by atoms with E-state index in [-0.39, 0.29) is 12.2 Å². The molecule has 0 atom stereocenters. The van der Waals surface area contributed by atoms with E-state index in [0.29, 0.717) is 0 Å². The fraction of sp³-hybridized carbons (Fsp3) is 0.300. The highest BCUT2D eigenvalue weighted by Gasteiger charge is 2.21. The Hall–Kier alpha value is -1.60. The average Bonchev–Trinajstić information content (AvgIpc) is 2.28. The largest absolute Gasteiger partial charge is 0.506 e. The summed E-state index contributed by atoms with van der Waals surface area (Å²) in [7, 11) is -2.89. The minimum atomic E-state index is -4.06. The van der Waals surface area contributed by atoms with E-state index in [0.717, 1.165) is 12.1 Å². The zero-order valence-corrected chi connectivity index (χ0v) is 10.2. The van der Waals surface area contributed by atoms with Crippen molar-refractivity contribution < 1.29 is 27.2 Å². The molecule has 17 heavy (non-hydrogen) atoms. The van der Waals surface area contributed by atoms with Crippen molar-refractivity contribution in [3.8, 4) is 5.75 Å². The minimum absolute atomic E-state index is 0.0172. The van der Waals surface area contributed by atoms with Crippen molar-refractivity contribution in [2.75, 3.05) is 13.7 Å². The fourth-order valence-corrected chi connectivity index (χ4v) is 2.21. The van der Waals surface area contributed by atoms with Crippen molar-refractivity contribution in [2.24, 2.45) is 0 Å². The molecule has 0 bridgehead atoms. The van der Waals surface area contributed by atoms with Gasteiger partial charge >= 0.3 is 16.1 Å². The molecule has 1 aromatic rings. The molecule has 1 rings (SSSR count). The number of hydrogen-bond acceptors (Lipinski definition) is 6. The van der Waals surface area contributed by atoms with Crippen molar-refractivity contribution in [1.29, 1.82) is 0 Å². The molecule has 0 saturated carbocycles. The molecule has 7 heteroatoms. The van der Waals surface area contributed by atoms with Gasteiger partial charge in [0.2, 0.25) is 0 Å². The first-order valence-electron chi connectivity index (χ1n) is 4.73. The predicted octanol–water partition coefficient (Wildman–Crippen LogP) is 0.904. The van der Waals surface area contributed by atoms with E-state index in [1.807, 2.05) is 0 Å². The second-order valence-corrected chi connectivity index (χ2v) is 4.62. The van der Waals surface area contributed by atoms with Crippen LogP contribution in [0.1, 0.15) is 17.3 Å². The van der Waals surface area contributed by atoms with Gasteiger partial charge in [0.05, 0.1) is 19.3 Å². The van der Waals surface area contributed by atoms with E-state index in [1.165, 1.54) is 20.1 Å². The van der Waals surface area contributed by atoms with Crippen LogP contribution in [0.2, 0.25) is 0 Å². The summed E-state index contributed by atoms with van der Waals surface area (Å²) in [5.74, 6) is -1.18. The van der Waals surface area contributed by atoms with E-state index < -0.39 is 26.7 Å². The lowest BCUT2D eigenvalue weighted by atomic mass is 10.2. The second-order valence-electron chi connectivity index (χ2n) is 3.03.